The molecule has 12 heteroatoms. The second kappa shape index (κ2) is 14.0. The van der Waals surface area contributed by atoms with Crippen LogP contribution in [0.1, 0.15) is 75.0 Å². The van der Waals surface area contributed by atoms with E-state index in [4.69, 9.17) is 4.42 Å². The minimum Gasteiger partial charge on any atom is -0.419 e. The number of fused-ring (bicyclic) bond motifs is 2. The summed E-state index contributed by atoms with van der Waals surface area (Å²) in [7, 11) is 3.17. The van der Waals surface area contributed by atoms with Crippen molar-refractivity contribution in [2.45, 2.75) is 56.5 Å². The second-order valence-electron chi connectivity index (χ2n) is 12.6. The fraction of sp³-hybridized carbons (Fsp3) is 0.351. The summed E-state index contributed by atoms with van der Waals surface area (Å²) in [5.41, 5.74) is 3.96. The molecule has 2 aliphatic rings. The van der Waals surface area contributed by atoms with Gasteiger partial charge in [-0.3, -0.25) is 14.4 Å². The number of nitrogens with one attached hydrogen (secondary N) is 3. The Morgan fingerprint density at radius 3 is 2.16 bits per heavy atom. The smallest absolute Gasteiger partial charge is 0.251 e. The van der Waals surface area contributed by atoms with Gasteiger partial charge in [0.05, 0.1) is 12.6 Å². The fourth-order valence-corrected chi connectivity index (χ4v) is 7.16. The van der Waals surface area contributed by atoms with Crippen LogP contribution >= 0.6 is 0 Å². The number of carbonyl (C=O) groups excluding carboxylic acids is 3. The molecule has 0 spiro atoms. The lowest BCUT2D eigenvalue weighted by molar-refractivity contribution is -0.130. The Labute approximate surface area is 283 Å². The molecular weight excluding hydrogens is 625 g/mol. The van der Waals surface area contributed by atoms with E-state index in [0.29, 0.717) is 48.9 Å². The first-order valence-electron chi connectivity index (χ1n) is 16.4. The third-order valence-corrected chi connectivity index (χ3v) is 9.59. The Morgan fingerprint density at radius 1 is 0.980 bits per heavy atom. The van der Waals surface area contributed by atoms with Crippen LogP contribution in [0.25, 0.3) is 11.5 Å². The Kier molecular flexibility index (Phi) is 9.56. The van der Waals surface area contributed by atoms with Gasteiger partial charge in [-0.15, -0.1) is 10.2 Å². The Bertz CT molecular complexity index is 1870. The van der Waals surface area contributed by atoms with Gasteiger partial charge in [0.25, 0.3) is 11.8 Å². The van der Waals surface area contributed by atoms with Gasteiger partial charge in [-0.05, 0) is 110 Å². The lowest BCUT2D eigenvalue weighted by atomic mass is 9.68. The van der Waals surface area contributed by atoms with Gasteiger partial charge in [0.2, 0.25) is 17.7 Å². The number of hydrogen-bond acceptors (Lipinski definition) is 8. The van der Waals surface area contributed by atoms with E-state index in [2.05, 4.69) is 32.2 Å². The molecule has 252 valence electrons. The van der Waals surface area contributed by atoms with Crippen molar-refractivity contribution >= 4 is 17.7 Å². The SMILES string of the molecule is CNC(=O)c1ccc2c(c1)CCc1cc(C(=O)NC)ccc1C2(C[C@@H](C)NCC(=O)N1CCC[C@H]1C#N)c1nnc(-c2ccc(F)cc2)o1. The summed E-state index contributed by atoms with van der Waals surface area (Å²) in [5, 5.41) is 27.3. The number of aromatic nitrogens is 2. The highest BCUT2D eigenvalue weighted by atomic mass is 19.1. The predicted octanol–water partition coefficient (Wildman–Crippen LogP) is 3.91. The topological polar surface area (TPSA) is 153 Å². The van der Waals surface area contributed by atoms with Crippen LogP contribution in [0.4, 0.5) is 4.39 Å². The van der Waals surface area contributed by atoms with Crippen molar-refractivity contribution in [3.63, 3.8) is 0 Å². The van der Waals surface area contributed by atoms with Crippen LogP contribution in [0.15, 0.2) is 65.1 Å². The summed E-state index contributed by atoms with van der Waals surface area (Å²) in [6.45, 7) is 2.55. The van der Waals surface area contributed by atoms with Crippen molar-refractivity contribution in [3.8, 4) is 17.5 Å². The first-order valence-corrected chi connectivity index (χ1v) is 16.4. The number of nitriles is 1. The van der Waals surface area contributed by atoms with Crippen LogP contribution in [0.5, 0.6) is 0 Å². The molecule has 1 aliphatic carbocycles. The predicted molar refractivity (Wildman–Crippen MR) is 179 cm³/mol. The van der Waals surface area contributed by atoms with E-state index in [1.165, 1.54) is 12.1 Å². The van der Waals surface area contributed by atoms with Crippen LogP contribution in [0.3, 0.4) is 0 Å². The molecule has 0 radical (unpaired) electrons. The molecule has 3 amide bonds. The van der Waals surface area contributed by atoms with Gasteiger partial charge in [-0.2, -0.15) is 5.26 Å². The molecule has 1 saturated heterocycles. The number of aryl methyl sites for hydroxylation is 2. The summed E-state index contributed by atoms with van der Waals surface area (Å²) >= 11 is 0. The number of amides is 3. The zero-order valence-corrected chi connectivity index (χ0v) is 27.7. The molecule has 49 heavy (non-hydrogen) atoms. The second-order valence-corrected chi connectivity index (χ2v) is 12.6. The van der Waals surface area contributed by atoms with Crippen LogP contribution in [0.2, 0.25) is 0 Å². The summed E-state index contributed by atoms with van der Waals surface area (Å²) in [4.78, 5) is 40.4. The van der Waals surface area contributed by atoms with Crippen molar-refractivity contribution in [2.75, 3.05) is 27.2 Å². The molecule has 4 aromatic rings. The summed E-state index contributed by atoms with van der Waals surface area (Å²) in [6, 6.07) is 18.4. The molecule has 0 unspecified atom stereocenters. The third kappa shape index (κ3) is 6.41. The first-order chi connectivity index (χ1) is 23.7. The van der Waals surface area contributed by atoms with Crippen LogP contribution in [0, 0.1) is 17.1 Å². The number of hydrogen-bond donors (Lipinski definition) is 3. The average Bonchev–Trinajstić information content (AvgIpc) is 3.80. The number of nitrogens with zero attached hydrogens (tertiary/aromatic N) is 4. The van der Waals surface area contributed by atoms with E-state index in [-0.39, 0.29) is 42.1 Å². The minimum atomic E-state index is -1.09. The van der Waals surface area contributed by atoms with E-state index in [1.54, 1.807) is 43.3 Å². The van der Waals surface area contributed by atoms with Gasteiger partial charge in [-0.1, -0.05) is 12.1 Å². The fourth-order valence-electron chi connectivity index (χ4n) is 7.16. The van der Waals surface area contributed by atoms with E-state index in [0.717, 1.165) is 28.7 Å². The average molecular weight is 664 g/mol. The van der Waals surface area contributed by atoms with Gasteiger partial charge in [-0.25, -0.2) is 4.39 Å². The van der Waals surface area contributed by atoms with E-state index < -0.39 is 17.3 Å². The highest BCUT2D eigenvalue weighted by Gasteiger charge is 2.47. The lowest BCUT2D eigenvalue weighted by Crippen LogP contribution is -2.45. The normalized spacial score (nSPS) is 16.9. The largest absolute Gasteiger partial charge is 0.419 e. The van der Waals surface area contributed by atoms with Gasteiger partial charge in [0, 0.05) is 43.4 Å². The highest BCUT2D eigenvalue weighted by Crippen LogP contribution is 2.48. The maximum atomic E-state index is 13.8. The third-order valence-electron chi connectivity index (χ3n) is 9.59. The Hall–Kier alpha value is -5.41. The van der Waals surface area contributed by atoms with Crippen LogP contribution in [-0.4, -0.2) is 72.1 Å². The maximum absolute atomic E-state index is 13.8. The van der Waals surface area contributed by atoms with Crippen molar-refractivity contribution in [1.29, 1.82) is 5.26 Å². The summed E-state index contributed by atoms with van der Waals surface area (Å²) < 4.78 is 20.3. The van der Waals surface area contributed by atoms with E-state index in [9.17, 15) is 24.0 Å². The summed E-state index contributed by atoms with van der Waals surface area (Å²) in [5.74, 6) is -0.499. The molecular formula is C37H38FN7O4. The van der Waals surface area contributed by atoms with Crippen molar-refractivity contribution in [2.24, 2.45) is 0 Å². The van der Waals surface area contributed by atoms with E-state index in [1.807, 2.05) is 31.2 Å². The van der Waals surface area contributed by atoms with Gasteiger partial charge in [0.15, 0.2) is 0 Å². The monoisotopic (exact) mass is 663 g/mol. The number of halogens is 1. The molecule has 1 aliphatic heterocycles. The highest BCUT2D eigenvalue weighted by molar-refractivity contribution is 5.95. The molecule has 3 N–H and O–H groups in total. The standard InChI is InChI=1S/C37H38FN7O4/c1-22(42-21-32(46)45-16-4-5-29(45)20-39)19-37(36-44-43-35(49-36)23-8-12-28(38)13-9-23)30-14-10-26(33(47)40-2)17-24(30)6-7-25-18-27(34(48)41-3)11-15-31(25)37/h8-15,17-18,22,29,42H,4-7,16,19,21H2,1-3H3,(H,40,47)(H,41,48)/t22-,29+/m1/s1. The zero-order chi connectivity index (χ0) is 34.7. The molecule has 0 saturated carbocycles. The molecule has 0 bridgehead atoms. The number of carbonyl (C=O) groups is 3. The maximum Gasteiger partial charge on any atom is 0.251 e. The zero-order valence-electron chi connectivity index (χ0n) is 27.7. The minimum absolute atomic E-state index is 0.0328. The molecule has 2 atom stereocenters. The van der Waals surface area contributed by atoms with E-state index >= 15 is 0 Å². The molecule has 2 heterocycles. The molecule has 11 nitrogen and oxygen atoms in total. The molecule has 6 rings (SSSR count). The Balaban J connectivity index is 1.50. The Morgan fingerprint density at radius 2 is 1.59 bits per heavy atom. The molecule has 1 aromatic heterocycles. The van der Waals surface area contributed by atoms with Crippen molar-refractivity contribution < 1.29 is 23.2 Å². The molecule has 1 fully saturated rings. The van der Waals surface area contributed by atoms with Crippen LogP contribution in [-0.2, 0) is 23.1 Å². The molecule has 3 aromatic carbocycles. The van der Waals surface area contributed by atoms with Gasteiger partial charge in [0.1, 0.15) is 17.3 Å². The quantitative estimate of drug-likeness (QED) is 0.244. The number of benzene rings is 3. The van der Waals surface area contributed by atoms with Crippen LogP contribution < -0.4 is 16.0 Å². The number of likely N-dealkylation sites (tertiary alicyclic amines) is 1. The van der Waals surface area contributed by atoms with Crippen molar-refractivity contribution in [3.05, 3.63) is 106 Å². The van der Waals surface area contributed by atoms with Crippen molar-refractivity contribution in [1.82, 2.24) is 31.0 Å². The van der Waals surface area contributed by atoms with Gasteiger partial charge >= 0.3 is 0 Å². The van der Waals surface area contributed by atoms with Gasteiger partial charge < -0.3 is 25.3 Å². The lowest BCUT2D eigenvalue weighted by Gasteiger charge is -2.36. The number of rotatable bonds is 9. The first kappa shape index (κ1) is 33.5. The summed E-state index contributed by atoms with van der Waals surface area (Å²) in [6.07, 6.45) is 2.94.